The number of methoxy groups -OCH3 is 2. The highest BCUT2D eigenvalue weighted by molar-refractivity contribution is 7.89. The third-order valence-corrected chi connectivity index (χ3v) is 8.37. The van der Waals surface area contributed by atoms with Gasteiger partial charge in [-0.1, -0.05) is 6.07 Å². The molecule has 0 saturated carbocycles. The van der Waals surface area contributed by atoms with Crippen molar-refractivity contribution in [3.8, 4) is 5.75 Å². The molecule has 3 atom stereocenters. The van der Waals surface area contributed by atoms with E-state index >= 15 is 0 Å². The minimum atomic E-state index is -3.27. The summed E-state index contributed by atoms with van der Waals surface area (Å²) in [5, 5.41) is 0. The Labute approximate surface area is 162 Å². The summed E-state index contributed by atoms with van der Waals surface area (Å²) in [6, 6.07) is 6.77. The second-order valence-electron chi connectivity index (χ2n) is 7.95. The Hall–Kier alpha value is -1.15. The van der Waals surface area contributed by atoms with Crippen molar-refractivity contribution < 1.29 is 17.9 Å². The molecule has 0 bridgehead atoms. The molecule has 0 unspecified atom stereocenters. The first-order chi connectivity index (χ1) is 13.0. The molecule has 0 radical (unpaired) electrons. The molecule has 6 nitrogen and oxygen atoms in total. The Morgan fingerprint density at radius 3 is 2.85 bits per heavy atom. The topological polar surface area (TPSA) is 59.1 Å². The number of benzene rings is 1. The second-order valence-corrected chi connectivity index (χ2v) is 9.99. The molecule has 0 aliphatic carbocycles. The van der Waals surface area contributed by atoms with Crippen molar-refractivity contribution in [3.63, 3.8) is 0 Å². The molecule has 1 aromatic rings. The Kier molecular flexibility index (Phi) is 5.47. The molecule has 3 heterocycles. The molecule has 3 aliphatic heterocycles. The van der Waals surface area contributed by atoms with Crippen LogP contribution in [0.4, 0.5) is 0 Å². The second kappa shape index (κ2) is 7.70. The summed E-state index contributed by atoms with van der Waals surface area (Å²) in [6.45, 7) is 2.95. The Bertz CT molecular complexity index is 782. The number of hydrogen-bond donors (Lipinski definition) is 0. The zero-order valence-corrected chi connectivity index (χ0v) is 17.1. The van der Waals surface area contributed by atoms with Crippen molar-refractivity contribution in [2.24, 2.45) is 5.92 Å². The highest BCUT2D eigenvalue weighted by atomic mass is 32.2. The number of hydrogen-bond acceptors (Lipinski definition) is 5. The van der Waals surface area contributed by atoms with Crippen LogP contribution < -0.4 is 4.74 Å². The average molecular weight is 395 g/mol. The van der Waals surface area contributed by atoms with Crippen LogP contribution in [0.15, 0.2) is 18.2 Å². The van der Waals surface area contributed by atoms with E-state index in [9.17, 15) is 8.42 Å². The van der Waals surface area contributed by atoms with Crippen LogP contribution in [0.2, 0.25) is 0 Å². The fraction of sp³-hybridized carbons (Fsp3) is 0.700. The molecular formula is C20H30N2O4S. The molecule has 7 heteroatoms. The Balaban J connectivity index is 1.60. The monoisotopic (exact) mass is 394 g/mol. The van der Waals surface area contributed by atoms with Crippen molar-refractivity contribution in [1.82, 2.24) is 9.21 Å². The number of fused-ring (bicyclic) bond motifs is 4. The van der Waals surface area contributed by atoms with Crippen LogP contribution in [0.5, 0.6) is 5.75 Å². The van der Waals surface area contributed by atoms with Gasteiger partial charge in [0.05, 0.1) is 19.5 Å². The van der Waals surface area contributed by atoms with Gasteiger partial charge < -0.3 is 9.47 Å². The van der Waals surface area contributed by atoms with Gasteiger partial charge in [-0.25, -0.2) is 8.42 Å². The number of piperidine rings is 2. The summed E-state index contributed by atoms with van der Waals surface area (Å²) < 4.78 is 38.0. The van der Waals surface area contributed by atoms with Gasteiger partial charge >= 0.3 is 0 Å². The summed E-state index contributed by atoms with van der Waals surface area (Å²) in [5.41, 5.74) is 2.69. The molecular weight excluding hydrogens is 364 g/mol. The van der Waals surface area contributed by atoms with Crippen molar-refractivity contribution >= 4 is 10.0 Å². The molecule has 3 aliphatic rings. The summed E-state index contributed by atoms with van der Waals surface area (Å²) in [5.74, 6) is 1.42. The fourth-order valence-corrected chi connectivity index (χ4v) is 6.86. The minimum Gasteiger partial charge on any atom is -0.497 e. The number of rotatable bonds is 5. The molecule has 2 fully saturated rings. The predicted molar refractivity (Wildman–Crippen MR) is 105 cm³/mol. The van der Waals surface area contributed by atoms with Crippen LogP contribution in [0.1, 0.15) is 36.4 Å². The lowest BCUT2D eigenvalue weighted by Crippen LogP contribution is -2.57. The largest absolute Gasteiger partial charge is 0.497 e. The maximum atomic E-state index is 12.9. The summed E-state index contributed by atoms with van der Waals surface area (Å²) >= 11 is 0. The predicted octanol–water partition coefficient (Wildman–Crippen LogP) is 2.05. The van der Waals surface area contributed by atoms with Crippen LogP contribution in [0.3, 0.4) is 0 Å². The molecule has 0 amide bonds. The molecule has 150 valence electrons. The zero-order chi connectivity index (χ0) is 19.0. The van der Waals surface area contributed by atoms with E-state index in [1.165, 1.54) is 11.1 Å². The standard InChI is InChI=1S/C20H30N2O4S/c1-25-10-11-27(23,24)22-8-3-4-16-14-21-9-7-15-12-17(26-2)5-6-18(15)20(21)13-19(16)22/h5-6,12,16,19-20H,3-4,7-11,13-14H2,1-2H3/t16-,19+,20-/m1/s1. The van der Waals surface area contributed by atoms with Gasteiger partial charge in [0.25, 0.3) is 0 Å². The normalized spacial score (nSPS) is 28.9. The molecule has 2 saturated heterocycles. The number of ether oxygens (including phenoxy) is 2. The van der Waals surface area contributed by atoms with Crippen molar-refractivity contribution in [3.05, 3.63) is 29.3 Å². The third-order valence-electron chi connectivity index (χ3n) is 6.52. The lowest BCUT2D eigenvalue weighted by Gasteiger charge is -2.51. The number of sulfonamides is 1. The summed E-state index contributed by atoms with van der Waals surface area (Å²) in [6.07, 6.45) is 4.01. The molecule has 4 rings (SSSR count). The van der Waals surface area contributed by atoms with Gasteiger partial charge in [-0.3, -0.25) is 4.90 Å². The first-order valence-corrected chi connectivity index (χ1v) is 11.5. The molecule has 0 aromatic heterocycles. The van der Waals surface area contributed by atoms with Crippen molar-refractivity contribution in [2.75, 3.05) is 46.2 Å². The molecule has 0 N–H and O–H groups in total. The first-order valence-electron chi connectivity index (χ1n) is 9.93. The van der Waals surface area contributed by atoms with Crippen molar-refractivity contribution in [1.29, 1.82) is 0 Å². The van der Waals surface area contributed by atoms with Gasteiger partial charge in [0.2, 0.25) is 10.0 Å². The highest BCUT2D eigenvalue weighted by Gasteiger charge is 2.45. The quantitative estimate of drug-likeness (QED) is 0.765. The van der Waals surface area contributed by atoms with E-state index in [4.69, 9.17) is 9.47 Å². The van der Waals surface area contributed by atoms with Crippen LogP contribution >= 0.6 is 0 Å². The number of nitrogens with zero attached hydrogens (tertiary/aromatic N) is 2. The third kappa shape index (κ3) is 3.62. The lowest BCUT2D eigenvalue weighted by atomic mass is 9.77. The lowest BCUT2D eigenvalue weighted by molar-refractivity contribution is 0.0217. The Morgan fingerprint density at radius 1 is 1.22 bits per heavy atom. The van der Waals surface area contributed by atoms with Gasteiger partial charge in [-0.2, -0.15) is 4.31 Å². The van der Waals surface area contributed by atoms with E-state index < -0.39 is 10.0 Å². The van der Waals surface area contributed by atoms with E-state index in [0.29, 0.717) is 18.5 Å². The van der Waals surface area contributed by atoms with E-state index in [0.717, 1.165) is 44.5 Å². The van der Waals surface area contributed by atoms with Crippen molar-refractivity contribution in [2.45, 2.75) is 37.8 Å². The van der Waals surface area contributed by atoms with Gasteiger partial charge in [-0.05, 0) is 54.9 Å². The van der Waals surface area contributed by atoms with E-state index in [-0.39, 0.29) is 18.4 Å². The maximum Gasteiger partial charge on any atom is 0.216 e. The van der Waals surface area contributed by atoms with E-state index in [1.807, 2.05) is 6.07 Å². The average Bonchev–Trinajstić information content (AvgIpc) is 2.69. The summed E-state index contributed by atoms with van der Waals surface area (Å²) in [4.78, 5) is 2.57. The van der Waals surface area contributed by atoms with Gasteiger partial charge in [0.15, 0.2) is 0 Å². The van der Waals surface area contributed by atoms with E-state index in [1.54, 1.807) is 18.5 Å². The van der Waals surface area contributed by atoms with Crippen LogP contribution in [-0.4, -0.2) is 69.9 Å². The summed E-state index contributed by atoms with van der Waals surface area (Å²) in [7, 11) is -0.0149. The first kappa shape index (κ1) is 19.2. The fourth-order valence-electron chi connectivity index (χ4n) is 5.17. The smallest absolute Gasteiger partial charge is 0.216 e. The van der Waals surface area contributed by atoms with Gasteiger partial charge in [0, 0.05) is 38.8 Å². The van der Waals surface area contributed by atoms with E-state index in [2.05, 4.69) is 17.0 Å². The minimum absolute atomic E-state index is 0.0783. The highest BCUT2D eigenvalue weighted by Crippen LogP contribution is 2.44. The van der Waals surface area contributed by atoms with Crippen LogP contribution in [-0.2, 0) is 21.2 Å². The van der Waals surface area contributed by atoms with Crippen LogP contribution in [0.25, 0.3) is 0 Å². The van der Waals surface area contributed by atoms with Crippen LogP contribution in [0, 0.1) is 5.92 Å². The van der Waals surface area contributed by atoms with Gasteiger partial charge in [0.1, 0.15) is 5.75 Å². The molecule has 0 spiro atoms. The van der Waals surface area contributed by atoms with Gasteiger partial charge in [-0.15, -0.1) is 0 Å². The molecule has 27 heavy (non-hydrogen) atoms. The molecule has 1 aromatic carbocycles. The Morgan fingerprint density at radius 2 is 2.07 bits per heavy atom. The SMILES string of the molecule is COCCS(=O)(=O)N1CCC[C@@H]2CN3CCc4cc(OC)ccc4[C@H]3C[C@@H]21. The zero-order valence-electron chi connectivity index (χ0n) is 16.3. The maximum absolute atomic E-state index is 12.9.